The maximum atomic E-state index is 5.21. The average molecular weight is 279 g/mol. The lowest BCUT2D eigenvalue weighted by molar-refractivity contribution is 0.340. The van der Waals surface area contributed by atoms with Crippen LogP contribution in [-0.2, 0) is 0 Å². The van der Waals surface area contributed by atoms with Crippen LogP contribution in [0.4, 0.5) is 0 Å². The second-order valence-corrected chi connectivity index (χ2v) is 3.96. The molecule has 16 heavy (non-hydrogen) atoms. The largest absolute Gasteiger partial charge is 0.494 e. The Bertz CT molecular complexity index is 372. The highest BCUT2D eigenvalue weighted by Gasteiger charge is 1.83. The van der Waals surface area contributed by atoms with Gasteiger partial charge >= 0.3 is 0 Å². The van der Waals surface area contributed by atoms with Crippen LogP contribution in [0.3, 0.4) is 0 Å². The first kappa shape index (κ1) is 12.8. The van der Waals surface area contributed by atoms with E-state index in [0.717, 1.165) is 16.8 Å². The monoisotopic (exact) mass is 278 g/mol. The van der Waals surface area contributed by atoms with E-state index in [0.29, 0.717) is 0 Å². The lowest BCUT2D eigenvalue weighted by atomic mass is 10.3. The summed E-state index contributed by atoms with van der Waals surface area (Å²) in [5, 5.41) is 0. The molecule has 0 bridgehead atoms. The SMILES string of the molecule is Brc1ccccc1.CCOc1ccccc1. The molecule has 0 spiro atoms. The molecule has 0 N–H and O–H groups in total. The van der Waals surface area contributed by atoms with Crippen LogP contribution < -0.4 is 4.74 Å². The van der Waals surface area contributed by atoms with Gasteiger partial charge in [0.2, 0.25) is 0 Å². The van der Waals surface area contributed by atoms with Crippen LogP contribution in [-0.4, -0.2) is 6.61 Å². The second-order valence-electron chi connectivity index (χ2n) is 3.04. The number of halogens is 1. The van der Waals surface area contributed by atoms with Gasteiger partial charge in [0.25, 0.3) is 0 Å². The van der Waals surface area contributed by atoms with E-state index in [1.54, 1.807) is 0 Å². The molecule has 0 radical (unpaired) electrons. The van der Waals surface area contributed by atoms with E-state index >= 15 is 0 Å². The van der Waals surface area contributed by atoms with Gasteiger partial charge in [-0.1, -0.05) is 52.3 Å². The minimum atomic E-state index is 0.740. The summed E-state index contributed by atoms with van der Waals surface area (Å²) in [5.74, 6) is 0.944. The van der Waals surface area contributed by atoms with Crippen molar-refractivity contribution in [3.63, 3.8) is 0 Å². The molecule has 0 aliphatic rings. The van der Waals surface area contributed by atoms with Gasteiger partial charge in [0, 0.05) is 4.47 Å². The molecule has 0 saturated carbocycles. The predicted molar refractivity (Wildman–Crippen MR) is 71.8 cm³/mol. The van der Waals surface area contributed by atoms with Crippen molar-refractivity contribution in [3.05, 3.63) is 65.1 Å². The van der Waals surface area contributed by atoms with Gasteiger partial charge in [-0.15, -0.1) is 0 Å². The lowest BCUT2D eigenvalue weighted by Crippen LogP contribution is -1.89. The summed E-state index contributed by atoms with van der Waals surface area (Å²) in [5.41, 5.74) is 0. The van der Waals surface area contributed by atoms with Crippen LogP contribution in [0.1, 0.15) is 6.92 Å². The van der Waals surface area contributed by atoms with E-state index in [9.17, 15) is 0 Å². The van der Waals surface area contributed by atoms with E-state index in [4.69, 9.17) is 4.74 Å². The molecule has 0 unspecified atom stereocenters. The first-order valence-corrected chi connectivity index (χ1v) is 6.00. The van der Waals surface area contributed by atoms with E-state index in [1.807, 2.05) is 67.6 Å². The van der Waals surface area contributed by atoms with Gasteiger partial charge in [-0.2, -0.15) is 0 Å². The van der Waals surface area contributed by atoms with E-state index < -0.39 is 0 Å². The third-order valence-corrected chi connectivity index (χ3v) is 2.32. The molecular weight excluding hydrogens is 264 g/mol. The highest BCUT2D eigenvalue weighted by molar-refractivity contribution is 9.10. The number of para-hydroxylation sites is 1. The zero-order valence-electron chi connectivity index (χ0n) is 9.27. The first-order valence-electron chi connectivity index (χ1n) is 5.21. The van der Waals surface area contributed by atoms with Crippen LogP contribution in [0.2, 0.25) is 0 Å². The fourth-order valence-corrected chi connectivity index (χ4v) is 1.40. The molecule has 0 atom stereocenters. The smallest absolute Gasteiger partial charge is 0.119 e. The summed E-state index contributed by atoms with van der Waals surface area (Å²) in [6, 6.07) is 19.8. The Morgan fingerprint density at radius 3 is 1.75 bits per heavy atom. The molecule has 0 heterocycles. The van der Waals surface area contributed by atoms with Gasteiger partial charge in [-0.3, -0.25) is 0 Å². The maximum Gasteiger partial charge on any atom is 0.119 e. The van der Waals surface area contributed by atoms with Crippen molar-refractivity contribution in [2.24, 2.45) is 0 Å². The molecule has 0 aliphatic carbocycles. The molecule has 1 nitrogen and oxygen atoms in total. The van der Waals surface area contributed by atoms with E-state index in [1.165, 1.54) is 0 Å². The topological polar surface area (TPSA) is 9.23 Å². The number of ether oxygens (including phenoxy) is 1. The Balaban J connectivity index is 0.000000165. The molecular formula is C14H15BrO. The zero-order chi connectivity index (χ0) is 11.6. The first-order chi connectivity index (χ1) is 7.83. The standard InChI is InChI=1S/C8H10O.C6H5Br/c1-2-9-8-6-4-3-5-7-8;7-6-4-2-1-3-5-6/h3-7H,2H2,1H3;1-5H. The highest BCUT2D eigenvalue weighted by atomic mass is 79.9. The van der Waals surface area contributed by atoms with Crippen molar-refractivity contribution in [1.82, 2.24) is 0 Å². The molecule has 0 aromatic heterocycles. The third kappa shape index (κ3) is 5.56. The van der Waals surface area contributed by atoms with Gasteiger partial charge in [0.15, 0.2) is 0 Å². The average Bonchev–Trinajstić information content (AvgIpc) is 2.33. The number of benzene rings is 2. The lowest BCUT2D eigenvalue weighted by Gasteiger charge is -1.99. The minimum absolute atomic E-state index is 0.740. The van der Waals surface area contributed by atoms with Gasteiger partial charge in [0.1, 0.15) is 5.75 Å². The maximum absolute atomic E-state index is 5.21. The van der Waals surface area contributed by atoms with Crippen molar-refractivity contribution in [3.8, 4) is 5.75 Å². The normalized spacial score (nSPS) is 8.88. The molecule has 2 heteroatoms. The molecule has 2 aromatic rings. The number of rotatable bonds is 2. The summed E-state index contributed by atoms with van der Waals surface area (Å²) in [6.45, 7) is 2.72. The van der Waals surface area contributed by atoms with Crippen molar-refractivity contribution in [2.45, 2.75) is 6.92 Å². The van der Waals surface area contributed by atoms with E-state index in [2.05, 4.69) is 15.9 Å². The molecule has 0 saturated heterocycles. The predicted octanol–water partition coefficient (Wildman–Crippen LogP) is 4.53. The summed E-state index contributed by atoms with van der Waals surface area (Å²) in [6.07, 6.45) is 0. The highest BCUT2D eigenvalue weighted by Crippen LogP contribution is 2.07. The fourth-order valence-electron chi connectivity index (χ4n) is 1.10. The van der Waals surface area contributed by atoms with Crippen LogP contribution >= 0.6 is 15.9 Å². The molecule has 0 amide bonds. The van der Waals surface area contributed by atoms with Crippen molar-refractivity contribution >= 4 is 15.9 Å². The number of hydrogen-bond acceptors (Lipinski definition) is 1. The summed E-state index contributed by atoms with van der Waals surface area (Å²) in [4.78, 5) is 0. The molecule has 0 fully saturated rings. The van der Waals surface area contributed by atoms with Crippen molar-refractivity contribution in [2.75, 3.05) is 6.61 Å². The Labute approximate surface area is 105 Å². The van der Waals surface area contributed by atoms with E-state index in [-0.39, 0.29) is 0 Å². The third-order valence-electron chi connectivity index (χ3n) is 1.79. The Morgan fingerprint density at radius 1 is 0.875 bits per heavy atom. The molecule has 0 aliphatic heterocycles. The van der Waals surface area contributed by atoms with Crippen LogP contribution in [0, 0.1) is 0 Å². The molecule has 84 valence electrons. The summed E-state index contributed by atoms with van der Waals surface area (Å²) < 4.78 is 6.34. The van der Waals surface area contributed by atoms with Gasteiger partial charge in [-0.25, -0.2) is 0 Å². The van der Waals surface area contributed by atoms with Gasteiger partial charge in [0.05, 0.1) is 6.61 Å². The Hall–Kier alpha value is -1.28. The zero-order valence-corrected chi connectivity index (χ0v) is 10.9. The molecule has 2 aromatic carbocycles. The number of hydrogen-bond donors (Lipinski definition) is 0. The van der Waals surface area contributed by atoms with Crippen molar-refractivity contribution < 1.29 is 4.74 Å². The van der Waals surface area contributed by atoms with Crippen molar-refractivity contribution in [1.29, 1.82) is 0 Å². The minimum Gasteiger partial charge on any atom is -0.494 e. The Kier molecular flexibility index (Phi) is 6.35. The van der Waals surface area contributed by atoms with Crippen LogP contribution in [0.25, 0.3) is 0 Å². The quantitative estimate of drug-likeness (QED) is 0.784. The molecule has 2 rings (SSSR count). The Morgan fingerprint density at radius 2 is 1.38 bits per heavy atom. The van der Waals surface area contributed by atoms with Crippen LogP contribution in [0.15, 0.2) is 65.1 Å². The summed E-state index contributed by atoms with van der Waals surface area (Å²) >= 11 is 3.31. The second kappa shape index (κ2) is 7.94. The van der Waals surface area contributed by atoms with Crippen LogP contribution in [0.5, 0.6) is 5.75 Å². The fraction of sp³-hybridized carbons (Fsp3) is 0.143. The van der Waals surface area contributed by atoms with Gasteiger partial charge in [-0.05, 0) is 31.2 Å². The summed E-state index contributed by atoms with van der Waals surface area (Å²) in [7, 11) is 0. The van der Waals surface area contributed by atoms with Gasteiger partial charge < -0.3 is 4.74 Å².